The third kappa shape index (κ3) is 5.24. The Morgan fingerprint density at radius 1 is 1.05 bits per heavy atom. The third-order valence-corrected chi connectivity index (χ3v) is 9.67. The Morgan fingerprint density at radius 3 is 2.66 bits per heavy atom. The molecule has 10 heteroatoms. The molecule has 2 unspecified atom stereocenters. The van der Waals surface area contributed by atoms with Crippen molar-refractivity contribution in [2.45, 2.75) is 49.8 Å². The van der Waals surface area contributed by atoms with Gasteiger partial charge in [0, 0.05) is 40.4 Å². The van der Waals surface area contributed by atoms with E-state index in [-0.39, 0.29) is 11.8 Å². The Hall–Kier alpha value is -2.75. The van der Waals surface area contributed by atoms with E-state index in [0.29, 0.717) is 17.5 Å². The highest BCUT2D eigenvalue weighted by molar-refractivity contribution is 7.73. The number of H-pyrrole nitrogens is 1. The highest BCUT2D eigenvalue weighted by Crippen LogP contribution is 2.41. The SMILES string of the molecule is O=[SH](=O)C(C1CCC(c2ncnc3cnc4[nH]ccc4c23)CC1)N1CCCC(COc2ccc(Cl)cc2)C1. The lowest BCUT2D eigenvalue weighted by Gasteiger charge is -2.41. The summed E-state index contributed by atoms with van der Waals surface area (Å²) in [4.78, 5) is 19.0. The van der Waals surface area contributed by atoms with Crippen LogP contribution < -0.4 is 4.74 Å². The van der Waals surface area contributed by atoms with Crippen LogP contribution >= 0.6 is 11.6 Å². The first-order valence-electron chi connectivity index (χ1n) is 13.4. The van der Waals surface area contributed by atoms with Gasteiger partial charge in [0.2, 0.25) is 0 Å². The van der Waals surface area contributed by atoms with Crippen LogP contribution in [0.4, 0.5) is 0 Å². The summed E-state index contributed by atoms with van der Waals surface area (Å²) < 4.78 is 31.2. The van der Waals surface area contributed by atoms with Crippen molar-refractivity contribution in [2.24, 2.45) is 11.8 Å². The molecule has 2 atom stereocenters. The molecule has 200 valence electrons. The zero-order valence-electron chi connectivity index (χ0n) is 21.1. The van der Waals surface area contributed by atoms with E-state index in [4.69, 9.17) is 21.3 Å². The van der Waals surface area contributed by atoms with Crippen LogP contribution in [-0.2, 0) is 10.7 Å². The summed E-state index contributed by atoms with van der Waals surface area (Å²) in [6.45, 7) is 2.15. The van der Waals surface area contributed by atoms with E-state index in [0.717, 1.165) is 85.0 Å². The van der Waals surface area contributed by atoms with Gasteiger partial charge in [0.1, 0.15) is 23.1 Å². The normalized spacial score (nSPS) is 23.7. The maximum Gasteiger partial charge on any atom is 0.156 e. The second kappa shape index (κ2) is 11.2. The second-order valence-corrected chi connectivity index (χ2v) is 12.1. The van der Waals surface area contributed by atoms with Crippen molar-refractivity contribution in [3.8, 4) is 5.75 Å². The van der Waals surface area contributed by atoms with Gasteiger partial charge in [-0.3, -0.25) is 4.90 Å². The molecule has 2 fully saturated rings. The highest BCUT2D eigenvalue weighted by atomic mass is 35.5. The van der Waals surface area contributed by atoms with Gasteiger partial charge in [0.05, 0.1) is 24.0 Å². The van der Waals surface area contributed by atoms with Gasteiger partial charge in [-0.25, -0.2) is 23.4 Å². The van der Waals surface area contributed by atoms with E-state index in [1.165, 1.54) is 0 Å². The molecule has 0 amide bonds. The van der Waals surface area contributed by atoms with Crippen LogP contribution in [0.25, 0.3) is 21.9 Å². The minimum absolute atomic E-state index is 0.130. The Balaban J connectivity index is 1.13. The van der Waals surface area contributed by atoms with Gasteiger partial charge >= 0.3 is 0 Å². The van der Waals surface area contributed by atoms with Crippen LogP contribution in [0.2, 0.25) is 5.02 Å². The Labute approximate surface area is 228 Å². The van der Waals surface area contributed by atoms with E-state index in [1.54, 1.807) is 12.5 Å². The lowest BCUT2D eigenvalue weighted by atomic mass is 9.79. The second-order valence-electron chi connectivity index (χ2n) is 10.6. The molecule has 1 saturated carbocycles. The van der Waals surface area contributed by atoms with Gasteiger partial charge in [0.15, 0.2) is 10.7 Å². The Kier molecular flexibility index (Phi) is 7.50. The van der Waals surface area contributed by atoms with Crippen LogP contribution in [0.3, 0.4) is 0 Å². The number of rotatable bonds is 7. The lowest BCUT2D eigenvalue weighted by Crippen LogP contribution is -2.48. The number of aromatic amines is 1. The van der Waals surface area contributed by atoms with Crippen molar-refractivity contribution in [2.75, 3.05) is 19.7 Å². The van der Waals surface area contributed by atoms with Crippen LogP contribution in [0.15, 0.2) is 49.1 Å². The number of nitrogens with one attached hydrogen (secondary N) is 1. The summed E-state index contributed by atoms with van der Waals surface area (Å²) in [6.07, 6.45) is 10.9. The molecule has 4 aromatic rings. The van der Waals surface area contributed by atoms with Crippen molar-refractivity contribution >= 4 is 44.2 Å². The fourth-order valence-corrected chi connectivity index (χ4v) is 7.65. The molecule has 6 rings (SSSR count). The number of hydrogen-bond donors (Lipinski definition) is 2. The lowest BCUT2D eigenvalue weighted by molar-refractivity contribution is 0.0898. The van der Waals surface area contributed by atoms with Crippen LogP contribution in [-0.4, -0.2) is 58.3 Å². The number of hydrogen-bond acceptors (Lipinski definition) is 7. The minimum Gasteiger partial charge on any atom is -0.493 e. The van der Waals surface area contributed by atoms with Crippen molar-refractivity contribution in [3.63, 3.8) is 0 Å². The molecule has 1 aromatic carbocycles. The molecule has 1 aliphatic heterocycles. The number of fused-ring (bicyclic) bond motifs is 3. The molecule has 0 bridgehead atoms. The number of thiol groups is 1. The topological polar surface area (TPSA) is 101 Å². The van der Waals surface area contributed by atoms with Crippen molar-refractivity contribution in [1.82, 2.24) is 24.8 Å². The van der Waals surface area contributed by atoms with Crippen molar-refractivity contribution < 1.29 is 13.2 Å². The predicted octanol–water partition coefficient (Wildman–Crippen LogP) is 5.16. The molecule has 1 saturated heterocycles. The van der Waals surface area contributed by atoms with Crippen LogP contribution in [0.5, 0.6) is 5.75 Å². The van der Waals surface area contributed by atoms with Crippen molar-refractivity contribution in [3.05, 3.63) is 59.8 Å². The molecule has 38 heavy (non-hydrogen) atoms. The zero-order chi connectivity index (χ0) is 26.1. The first-order chi connectivity index (χ1) is 18.6. The zero-order valence-corrected chi connectivity index (χ0v) is 22.8. The van der Waals surface area contributed by atoms with E-state index >= 15 is 0 Å². The maximum absolute atomic E-state index is 12.6. The molecule has 1 aliphatic carbocycles. The number of piperidine rings is 1. The standard InChI is InChI=1S/C28H32ClN5O3S/c29-21-7-9-22(10-8-21)37-16-18-2-1-13-34(15-18)28(38(35)36)20-5-3-19(4-6-20)26-25-23-11-12-30-27(23)31-14-24(25)32-17-33-26/h7-12,14,17-20,28,38H,1-6,13,15-16H2,(H,30,31). The largest absolute Gasteiger partial charge is 0.493 e. The number of aromatic nitrogens is 4. The fraction of sp³-hybridized carbons (Fsp3) is 0.464. The Bertz CT molecular complexity index is 1480. The quantitative estimate of drug-likeness (QED) is 0.305. The molecule has 8 nitrogen and oxygen atoms in total. The average molecular weight is 554 g/mol. The van der Waals surface area contributed by atoms with Gasteiger partial charge in [-0.15, -0.1) is 0 Å². The summed E-state index contributed by atoms with van der Waals surface area (Å²) >= 11 is 5.98. The molecule has 0 radical (unpaired) electrons. The van der Waals surface area contributed by atoms with Gasteiger partial charge in [0.25, 0.3) is 0 Å². The fourth-order valence-electron chi connectivity index (χ4n) is 6.40. The summed E-state index contributed by atoms with van der Waals surface area (Å²) in [7, 11) is -2.57. The summed E-state index contributed by atoms with van der Waals surface area (Å²) in [5.41, 5.74) is 2.75. The summed E-state index contributed by atoms with van der Waals surface area (Å²) in [5.74, 6) is 1.51. The summed E-state index contributed by atoms with van der Waals surface area (Å²) in [5, 5.41) is 2.36. The molecule has 4 heterocycles. The summed E-state index contributed by atoms with van der Waals surface area (Å²) in [6, 6.07) is 9.42. The van der Waals surface area contributed by atoms with Gasteiger partial charge in [-0.05, 0) is 81.3 Å². The van der Waals surface area contributed by atoms with E-state index < -0.39 is 16.1 Å². The van der Waals surface area contributed by atoms with E-state index in [9.17, 15) is 8.42 Å². The van der Waals surface area contributed by atoms with E-state index in [1.807, 2.05) is 36.5 Å². The van der Waals surface area contributed by atoms with Gasteiger partial charge in [-0.1, -0.05) is 11.6 Å². The number of likely N-dealkylation sites (tertiary alicyclic amines) is 1. The number of ether oxygens (including phenoxy) is 1. The first kappa shape index (κ1) is 25.5. The molecule has 3 aromatic heterocycles. The molecule has 2 aliphatic rings. The van der Waals surface area contributed by atoms with Crippen LogP contribution in [0.1, 0.15) is 50.1 Å². The molecular formula is C28H32ClN5O3S. The number of benzene rings is 1. The van der Waals surface area contributed by atoms with Crippen LogP contribution in [0, 0.1) is 11.8 Å². The number of halogens is 1. The Morgan fingerprint density at radius 2 is 1.87 bits per heavy atom. The minimum atomic E-state index is -2.57. The van der Waals surface area contributed by atoms with Crippen molar-refractivity contribution in [1.29, 1.82) is 0 Å². The smallest absolute Gasteiger partial charge is 0.156 e. The average Bonchev–Trinajstić information content (AvgIpc) is 3.42. The molecule has 0 spiro atoms. The highest BCUT2D eigenvalue weighted by Gasteiger charge is 2.37. The number of pyridine rings is 1. The van der Waals surface area contributed by atoms with Gasteiger partial charge < -0.3 is 9.72 Å². The maximum atomic E-state index is 12.6. The number of nitrogens with zero attached hydrogens (tertiary/aromatic N) is 4. The van der Waals surface area contributed by atoms with Gasteiger partial charge in [-0.2, -0.15) is 0 Å². The predicted molar refractivity (Wildman–Crippen MR) is 149 cm³/mol. The third-order valence-electron chi connectivity index (χ3n) is 8.24. The van der Waals surface area contributed by atoms with E-state index in [2.05, 4.69) is 19.9 Å². The first-order valence-corrected chi connectivity index (χ1v) is 15.0. The molecular weight excluding hydrogens is 522 g/mol. The molecule has 1 N–H and O–H groups in total. The monoisotopic (exact) mass is 553 g/mol.